The molecule has 134 valence electrons. The van der Waals surface area contributed by atoms with Crippen molar-refractivity contribution in [1.29, 1.82) is 0 Å². The number of sulfonamides is 1. The number of nitrogens with one attached hydrogen (secondary N) is 1. The second kappa shape index (κ2) is 7.23. The van der Waals surface area contributed by atoms with Crippen LogP contribution in [-0.2, 0) is 16.6 Å². The minimum Gasteiger partial charge on any atom is -0.337 e. The summed E-state index contributed by atoms with van der Waals surface area (Å²) >= 11 is 0. The van der Waals surface area contributed by atoms with Crippen molar-refractivity contribution in [2.24, 2.45) is 0 Å². The number of aromatic nitrogens is 2. The maximum Gasteiger partial charge on any atom is 0.257 e. The molecule has 24 heavy (non-hydrogen) atoms. The largest absolute Gasteiger partial charge is 0.337 e. The van der Waals surface area contributed by atoms with E-state index >= 15 is 0 Å². The molecule has 1 amide bonds. The van der Waals surface area contributed by atoms with Gasteiger partial charge in [-0.15, -0.1) is 0 Å². The van der Waals surface area contributed by atoms with Gasteiger partial charge in [0.15, 0.2) is 0 Å². The molecule has 3 rings (SSSR count). The number of piperidine rings is 1. The summed E-state index contributed by atoms with van der Waals surface area (Å²) in [6.45, 7) is 3.53. The van der Waals surface area contributed by atoms with E-state index in [4.69, 9.17) is 0 Å². The molecule has 0 aromatic carbocycles. The third kappa shape index (κ3) is 3.80. The normalized spacial score (nSPS) is 22.9. The zero-order chi connectivity index (χ0) is 17.2. The van der Waals surface area contributed by atoms with E-state index in [1.165, 1.54) is 0 Å². The average molecular weight is 354 g/mol. The first-order valence-corrected chi connectivity index (χ1v) is 10.4. The zero-order valence-corrected chi connectivity index (χ0v) is 15.0. The fourth-order valence-corrected chi connectivity index (χ4v) is 5.32. The topological polar surface area (TPSA) is 84.3 Å². The summed E-state index contributed by atoms with van der Waals surface area (Å²) in [5, 5.41) is 3.61. The van der Waals surface area contributed by atoms with Crippen LogP contribution in [-0.4, -0.2) is 53.4 Å². The predicted molar refractivity (Wildman–Crippen MR) is 91.1 cm³/mol. The summed E-state index contributed by atoms with van der Waals surface area (Å²) in [7, 11) is -3.38. The van der Waals surface area contributed by atoms with Gasteiger partial charge in [0.05, 0.1) is 17.0 Å². The van der Waals surface area contributed by atoms with Crippen molar-refractivity contribution < 1.29 is 13.2 Å². The van der Waals surface area contributed by atoms with Crippen molar-refractivity contribution in [2.45, 2.75) is 63.3 Å². The Labute approximate surface area is 143 Å². The van der Waals surface area contributed by atoms with E-state index in [1.807, 2.05) is 6.92 Å². The lowest BCUT2D eigenvalue weighted by molar-refractivity contribution is 0.0726. The van der Waals surface area contributed by atoms with Crippen molar-refractivity contribution in [3.8, 4) is 0 Å². The summed E-state index contributed by atoms with van der Waals surface area (Å²) in [5.74, 6) is -0.129. The first kappa shape index (κ1) is 17.4. The molecule has 7 nitrogen and oxygen atoms in total. The molecule has 1 saturated carbocycles. The molecule has 0 spiro atoms. The van der Waals surface area contributed by atoms with Crippen LogP contribution in [0, 0.1) is 0 Å². The fraction of sp³-hybridized carbons (Fsp3) is 0.750. The molecule has 1 aromatic heterocycles. The average Bonchev–Trinajstić information content (AvgIpc) is 3.25. The number of nitrogens with zero attached hydrogens (tertiary/aromatic N) is 3. The van der Waals surface area contributed by atoms with Gasteiger partial charge in [-0.25, -0.2) is 13.1 Å². The summed E-state index contributed by atoms with van der Waals surface area (Å²) in [4.78, 5) is 14.3. The van der Waals surface area contributed by atoms with Crippen molar-refractivity contribution in [3.63, 3.8) is 0 Å². The van der Waals surface area contributed by atoms with E-state index < -0.39 is 15.3 Å². The number of aryl methyl sites for hydroxylation is 1. The van der Waals surface area contributed by atoms with Crippen molar-refractivity contribution in [1.82, 2.24) is 19.4 Å². The zero-order valence-electron chi connectivity index (χ0n) is 14.1. The molecule has 2 heterocycles. The van der Waals surface area contributed by atoms with E-state index in [2.05, 4.69) is 9.82 Å². The minimum atomic E-state index is -3.38. The monoisotopic (exact) mass is 354 g/mol. The van der Waals surface area contributed by atoms with E-state index in [9.17, 15) is 13.2 Å². The van der Waals surface area contributed by atoms with Crippen LogP contribution in [0.5, 0.6) is 0 Å². The second-order valence-electron chi connectivity index (χ2n) is 6.74. The van der Waals surface area contributed by atoms with Gasteiger partial charge in [-0.1, -0.05) is 12.8 Å². The lowest BCUT2D eigenvalue weighted by Crippen LogP contribution is -2.49. The number of carbonyl (C=O) groups is 1. The van der Waals surface area contributed by atoms with Crippen molar-refractivity contribution >= 4 is 15.9 Å². The van der Waals surface area contributed by atoms with E-state index in [1.54, 1.807) is 22.0 Å². The summed E-state index contributed by atoms with van der Waals surface area (Å²) in [5.41, 5.74) is 0.527. The lowest BCUT2D eigenvalue weighted by Gasteiger charge is -2.32. The van der Waals surface area contributed by atoms with E-state index in [0.717, 1.165) is 25.7 Å². The van der Waals surface area contributed by atoms with Crippen LogP contribution < -0.4 is 4.72 Å². The molecular formula is C16H26N4O3S. The SMILES string of the molecule is CCn1cc(C(=O)N2CCC[C@@H](S(=O)(=O)NC3CCCC3)C2)cn1. The maximum atomic E-state index is 12.6. The highest BCUT2D eigenvalue weighted by atomic mass is 32.2. The van der Waals surface area contributed by atoms with Gasteiger partial charge in [0, 0.05) is 31.9 Å². The standard InChI is InChI=1S/C16H26N4O3S/c1-2-20-11-13(10-17-20)16(21)19-9-5-8-15(12-19)24(22,23)18-14-6-3-4-7-14/h10-11,14-15,18H,2-9,12H2,1H3/t15-/m1/s1. The Bertz CT molecular complexity index is 679. The molecule has 2 fully saturated rings. The molecule has 1 aliphatic carbocycles. The number of likely N-dealkylation sites (tertiary alicyclic amines) is 1. The molecular weight excluding hydrogens is 328 g/mol. The minimum absolute atomic E-state index is 0.0730. The highest BCUT2D eigenvalue weighted by molar-refractivity contribution is 7.90. The van der Waals surface area contributed by atoms with Crippen molar-refractivity contribution in [2.75, 3.05) is 13.1 Å². The number of hydrogen-bond donors (Lipinski definition) is 1. The second-order valence-corrected chi connectivity index (χ2v) is 8.74. The van der Waals surface area contributed by atoms with Gasteiger partial charge in [-0.05, 0) is 32.6 Å². The molecule has 1 saturated heterocycles. The van der Waals surface area contributed by atoms with Gasteiger partial charge >= 0.3 is 0 Å². The Hall–Kier alpha value is -1.41. The van der Waals surface area contributed by atoms with Gasteiger partial charge in [0.1, 0.15) is 0 Å². The Morgan fingerprint density at radius 2 is 2.04 bits per heavy atom. The number of amides is 1. The predicted octanol–water partition coefficient (Wildman–Crippen LogP) is 1.37. The maximum absolute atomic E-state index is 12.6. The molecule has 1 N–H and O–H groups in total. The third-order valence-electron chi connectivity index (χ3n) is 4.99. The van der Waals surface area contributed by atoms with E-state index in [0.29, 0.717) is 31.5 Å². The smallest absolute Gasteiger partial charge is 0.257 e. The Morgan fingerprint density at radius 1 is 1.29 bits per heavy atom. The molecule has 8 heteroatoms. The number of hydrogen-bond acceptors (Lipinski definition) is 4. The van der Waals surface area contributed by atoms with Gasteiger partial charge < -0.3 is 4.90 Å². The first-order chi connectivity index (χ1) is 11.5. The molecule has 1 aliphatic heterocycles. The molecule has 1 atom stereocenters. The molecule has 0 bridgehead atoms. The quantitative estimate of drug-likeness (QED) is 0.865. The van der Waals surface area contributed by atoms with Crippen LogP contribution in [0.15, 0.2) is 12.4 Å². The third-order valence-corrected chi connectivity index (χ3v) is 6.92. The van der Waals surface area contributed by atoms with Gasteiger partial charge in [0.25, 0.3) is 5.91 Å². The fourth-order valence-electron chi connectivity index (χ4n) is 3.58. The van der Waals surface area contributed by atoms with Crippen molar-refractivity contribution in [3.05, 3.63) is 18.0 Å². The van der Waals surface area contributed by atoms with E-state index in [-0.39, 0.29) is 18.5 Å². The highest BCUT2D eigenvalue weighted by Gasteiger charge is 2.35. The molecule has 1 aromatic rings. The van der Waals surface area contributed by atoms with Gasteiger partial charge in [-0.3, -0.25) is 9.48 Å². The van der Waals surface area contributed by atoms with Gasteiger partial charge in [-0.2, -0.15) is 5.10 Å². The van der Waals surface area contributed by atoms with Gasteiger partial charge in [0.2, 0.25) is 10.0 Å². The van der Waals surface area contributed by atoms with Crippen LogP contribution in [0.1, 0.15) is 55.8 Å². The summed E-state index contributed by atoms with van der Waals surface area (Å²) < 4.78 is 29.8. The van der Waals surface area contributed by atoms with Crippen LogP contribution >= 0.6 is 0 Å². The number of rotatable bonds is 5. The first-order valence-electron chi connectivity index (χ1n) is 8.82. The van der Waals surface area contributed by atoms with Crippen LogP contribution in [0.3, 0.4) is 0 Å². The number of carbonyl (C=O) groups excluding carboxylic acids is 1. The Kier molecular flexibility index (Phi) is 5.24. The molecule has 0 radical (unpaired) electrons. The highest BCUT2D eigenvalue weighted by Crippen LogP contribution is 2.23. The van der Waals surface area contributed by atoms with Crippen LogP contribution in [0.2, 0.25) is 0 Å². The Balaban J connectivity index is 1.65. The summed E-state index contributed by atoms with van der Waals surface area (Å²) in [6, 6.07) is 0.0730. The molecule has 2 aliphatic rings. The summed E-state index contributed by atoms with van der Waals surface area (Å²) in [6.07, 6.45) is 8.62. The van der Waals surface area contributed by atoms with Crippen LogP contribution in [0.25, 0.3) is 0 Å². The van der Waals surface area contributed by atoms with Crippen LogP contribution in [0.4, 0.5) is 0 Å². The lowest BCUT2D eigenvalue weighted by atomic mass is 10.1. The molecule has 0 unspecified atom stereocenters. The Morgan fingerprint density at radius 3 is 2.71 bits per heavy atom.